The molecule has 2 aromatic heterocycles. The van der Waals surface area contributed by atoms with Crippen molar-refractivity contribution in [2.45, 2.75) is 82.7 Å². The number of halogens is 2. The van der Waals surface area contributed by atoms with E-state index in [0.29, 0.717) is 40.7 Å². The Morgan fingerprint density at radius 1 is 1.24 bits per heavy atom. The van der Waals surface area contributed by atoms with Gasteiger partial charge in [0, 0.05) is 28.8 Å². The van der Waals surface area contributed by atoms with Gasteiger partial charge in [-0.2, -0.15) is 5.10 Å². The first-order valence-corrected chi connectivity index (χ1v) is 18.4. The molecule has 5 rings (SSSR count). The normalized spacial score (nSPS) is 21.5. The Balaban J connectivity index is 1.42. The Morgan fingerprint density at radius 2 is 1.93 bits per heavy atom. The molecule has 12 heteroatoms. The van der Waals surface area contributed by atoms with E-state index in [0.717, 1.165) is 47.1 Å². The van der Waals surface area contributed by atoms with Crippen molar-refractivity contribution in [3.63, 3.8) is 0 Å². The van der Waals surface area contributed by atoms with Crippen molar-refractivity contribution in [2.24, 2.45) is 10.7 Å². The molecule has 9 nitrogen and oxygen atoms in total. The van der Waals surface area contributed by atoms with E-state index in [4.69, 9.17) is 31.5 Å². The monoisotopic (exact) mass is 674 g/mol. The summed E-state index contributed by atoms with van der Waals surface area (Å²) in [7, 11) is -0.566. The first-order valence-electron chi connectivity index (χ1n) is 14.3. The topological polar surface area (TPSA) is 106 Å². The van der Waals surface area contributed by atoms with E-state index < -0.39 is 8.32 Å². The molecule has 226 valence electrons. The Hall–Kier alpha value is -2.60. The van der Waals surface area contributed by atoms with Crippen LogP contribution in [0.4, 0.5) is 11.4 Å². The number of carbonyl (C=O) groups is 1. The highest BCUT2D eigenvalue weighted by atomic mass is 79.9. The van der Waals surface area contributed by atoms with Crippen LogP contribution in [0.5, 0.6) is 5.75 Å². The number of fused-ring (bicyclic) bond motifs is 3. The van der Waals surface area contributed by atoms with Crippen molar-refractivity contribution in [3.8, 4) is 5.75 Å². The van der Waals surface area contributed by atoms with E-state index in [-0.39, 0.29) is 17.0 Å². The molecule has 2 aliphatic heterocycles. The number of nitrogens with two attached hydrogens (primary N) is 1. The van der Waals surface area contributed by atoms with Crippen molar-refractivity contribution in [1.82, 2.24) is 14.5 Å². The van der Waals surface area contributed by atoms with Crippen LogP contribution in [0, 0.1) is 0 Å². The molecule has 1 aromatic carbocycles. The lowest BCUT2D eigenvalue weighted by atomic mass is 9.96. The highest BCUT2D eigenvalue weighted by molar-refractivity contribution is 9.10. The number of nitrogens with one attached hydrogen (secondary N) is 1. The molecular weight excluding hydrogens is 636 g/mol. The SMILES string of the molecule is COC(=O)CN1[C@@H]2CC[C@H]1CC(Nc1c(C(N)=Nc3ccc(O[Si](C)(C)C(C)(C)C)cc3Cl)cnn3cc(Br)cc13)C2. The van der Waals surface area contributed by atoms with Gasteiger partial charge in [0.25, 0.3) is 0 Å². The second kappa shape index (κ2) is 11.8. The van der Waals surface area contributed by atoms with Crippen LogP contribution in [0.3, 0.4) is 0 Å². The number of ether oxygens (including phenoxy) is 1. The Bertz CT molecular complexity index is 1510. The maximum Gasteiger partial charge on any atom is 0.319 e. The van der Waals surface area contributed by atoms with E-state index in [1.54, 1.807) is 6.20 Å². The molecule has 2 aliphatic rings. The summed E-state index contributed by atoms with van der Waals surface area (Å²) in [6.45, 7) is 11.4. The highest BCUT2D eigenvalue weighted by Crippen LogP contribution is 2.40. The van der Waals surface area contributed by atoms with Gasteiger partial charge in [0.1, 0.15) is 11.6 Å². The third kappa shape index (κ3) is 6.34. The summed E-state index contributed by atoms with van der Waals surface area (Å²) >= 11 is 10.3. The van der Waals surface area contributed by atoms with Crippen LogP contribution in [0.15, 0.2) is 46.1 Å². The average Bonchev–Trinajstić information content (AvgIpc) is 3.39. The number of benzene rings is 1. The van der Waals surface area contributed by atoms with Crippen LogP contribution in [0.2, 0.25) is 23.2 Å². The largest absolute Gasteiger partial charge is 0.543 e. The molecule has 0 radical (unpaired) electrons. The summed E-state index contributed by atoms with van der Waals surface area (Å²) in [5.74, 6) is 0.869. The minimum atomic E-state index is -2.01. The van der Waals surface area contributed by atoms with Crippen LogP contribution in [0.1, 0.15) is 52.0 Å². The molecule has 3 atom stereocenters. The lowest BCUT2D eigenvalue weighted by molar-refractivity contribution is -0.143. The second-order valence-electron chi connectivity index (χ2n) is 12.8. The fourth-order valence-electron chi connectivity index (χ4n) is 5.72. The number of rotatable bonds is 8. The van der Waals surface area contributed by atoms with Crippen molar-refractivity contribution in [3.05, 3.63) is 51.7 Å². The first-order chi connectivity index (χ1) is 19.8. The van der Waals surface area contributed by atoms with Crippen molar-refractivity contribution in [1.29, 1.82) is 0 Å². The summed E-state index contributed by atoms with van der Waals surface area (Å²) in [6, 6.07) is 8.46. The summed E-state index contributed by atoms with van der Waals surface area (Å²) in [4.78, 5) is 19.0. The van der Waals surface area contributed by atoms with Crippen LogP contribution in [0.25, 0.3) is 5.52 Å². The molecule has 0 aliphatic carbocycles. The van der Waals surface area contributed by atoms with Gasteiger partial charge >= 0.3 is 5.97 Å². The molecular formula is C30H40BrClN6O3Si. The van der Waals surface area contributed by atoms with Crippen molar-refractivity contribution < 1.29 is 14.0 Å². The minimum absolute atomic E-state index is 0.0705. The number of hydrogen-bond acceptors (Lipinski definition) is 7. The van der Waals surface area contributed by atoms with E-state index in [1.165, 1.54) is 7.11 Å². The van der Waals surface area contributed by atoms with Gasteiger partial charge in [0.2, 0.25) is 8.32 Å². The third-order valence-corrected chi connectivity index (χ3v) is 14.1. The number of aliphatic imine (C=N–C) groups is 1. The fourth-order valence-corrected chi connectivity index (χ4v) is 7.36. The molecule has 3 N–H and O–H groups in total. The van der Waals surface area contributed by atoms with E-state index in [2.05, 4.69) is 65.1 Å². The van der Waals surface area contributed by atoms with Crippen molar-refractivity contribution in [2.75, 3.05) is 19.0 Å². The standard InChI is InChI=1S/C30H40BrClN6O3Si/c1-30(2,3)42(5,6)41-22-9-10-25(24(32)14-22)36-29(33)23-15-34-38-16-18(31)11-26(38)28(23)35-19-12-20-7-8-21(13-19)37(20)17-27(39)40-4/h9-11,14-16,19-21,35H,7-8,12-13,17H2,1-6H3,(H2,33,36)/t19?,20-,21+. The van der Waals surface area contributed by atoms with E-state index in [1.807, 2.05) is 35.0 Å². The second-order valence-corrected chi connectivity index (χ2v) is 18.9. The van der Waals surface area contributed by atoms with Crippen molar-refractivity contribution >= 4 is 64.5 Å². The van der Waals surface area contributed by atoms with Gasteiger partial charge in [-0.25, -0.2) is 9.51 Å². The van der Waals surface area contributed by atoms with Crippen LogP contribution >= 0.6 is 27.5 Å². The summed E-state index contributed by atoms with van der Waals surface area (Å²) < 4.78 is 14.1. The van der Waals surface area contributed by atoms with Gasteiger partial charge in [-0.15, -0.1) is 0 Å². The molecule has 0 amide bonds. The predicted molar refractivity (Wildman–Crippen MR) is 175 cm³/mol. The number of methoxy groups -OCH3 is 1. The number of esters is 1. The molecule has 42 heavy (non-hydrogen) atoms. The van der Waals surface area contributed by atoms with Gasteiger partial charge in [-0.05, 0) is 84.0 Å². The maximum absolute atomic E-state index is 12.0. The number of nitrogens with zero attached hydrogens (tertiary/aromatic N) is 4. The zero-order valence-electron chi connectivity index (χ0n) is 25.1. The third-order valence-electron chi connectivity index (χ3n) is 8.99. The zero-order chi connectivity index (χ0) is 30.4. The fraction of sp³-hybridized carbons (Fsp3) is 0.500. The van der Waals surface area contributed by atoms with Crippen LogP contribution in [-0.2, 0) is 9.53 Å². The predicted octanol–water partition coefficient (Wildman–Crippen LogP) is 6.75. The number of hydrogen-bond donors (Lipinski definition) is 2. The Kier molecular flexibility index (Phi) is 8.68. The summed E-state index contributed by atoms with van der Waals surface area (Å²) in [6.07, 6.45) is 7.64. The smallest absolute Gasteiger partial charge is 0.319 e. The minimum Gasteiger partial charge on any atom is -0.543 e. The number of aromatic nitrogens is 2. The van der Waals surface area contributed by atoms with E-state index in [9.17, 15) is 4.79 Å². The van der Waals surface area contributed by atoms with Gasteiger partial charge < -0.3 is 20.2 Å². The van der Waals surface area contributed by atoms with Gasteiger partial charge in [0.05, 0.1) is 47.3 Å². The maximum atomic E-state index is 12.0. The Labute approximate surface area is 262 Å². The quantitative estimate of drug-likeness (QED) is 0.118. The molecule has 0 spiro atoms. The summed E-state index contributed by atoms with van der Waals surface area (Å²) in [5.41, 5.74) is 9.70. The Morgan fingerprint density at radius 3 is 2.55 bits per heavy atom. The zero-order valence-corrected chi connectivity index (χ0v) is 28.4. The number of anilines is 1. The van der Waals surface area contributed by atoms with E-state index >= 15 is 0 Å². The molecule has 2 saturated heterocycles. The molecule has 2 fully saturated rings. The lowest BCUT2D eigenvalue weighted by Crippen LogP contribution is -2.49. The van der Waals surface area contributed by atoms with Crippen LogP contribution < -0.4 is 15.5 Å². The highest BCUT2D eigenvalue weighted by Gasteiger charge is 2.42. The molecule has 2 bridgehead atoms. The van der Waals surface area contributed by atoms with Crippen LogP contribution in [-0.4, -0.2) is 66.4 Å². The number of carbonyl (C=O) groups excluding carboxylic acids is 1. The van der Waals surface area contributed by atoms with Gasteiger partial charge in [-0.1, -0.05) is 32.4 Å². The number of amidine groups is 1. The first kappa shape index (κ1) is 30.8. The van der Waals surface area contributed by atoms with Gasteiger partial charge in [0.15, 0.2) is 0 Å². The molecule has 4 heterocycles. The molecule has 0 saturated carbocycles. The lowest BCUT2D eigenvalue weighted by Gasteiger charge is -2.39. The summed E-state index contributed by atoms with van der Waals surface area (Å²) in [5, 5.41) is 8.92. The average molecular weight is 676 g/mol. The number of piperidine rings is 1. The molecule has 3 aromatic rings. The molecule has 1 unspecified atom stereocenters. The van der Waals surface area contributed by atoms with Gasteiger partial charge in [-0.3, -0.25) is 9.69 Å².